The maximum Gasteiger partial charge on any atom is 0.326 e. The molecule has 0 radical (unpaired) electrons. The van der Waals surface area contributed by atoms with Gasteiger partial charge in [0.15, 0.2) is 0 Å². The molecule has 0 unspecified atom stereocenters. The minimum atomic E-state index is -0.282. The number of nitrogens with zero attached hydrogens (tertiary/aromatic N) is 2. The van der Waals surface area contributed by atoms with Crippen molar-refractivity contribution in [1.29, 1.82) is 0 Å². The van der Waals surface area contributed by atoms with Crippen LogP contribution in [0, 0.1) is 0 Å². The van der Waals surface area contributed by atoms with Crippen molar-refractivity contribution in [3.05, 3.63) is 88.4 Å². The number of amides is 3. The minimum absolute atomic E-state index is 0.270. The van der Waals surface area contributed by atoms with Crippen molar-refractivity contribution in [1.82, 2.24) is 4.90 Å². The van der Waals surface area contributed by atoms with E-state index in [4.69, 9.17) is 27.9 Å². The van der Waals surface area contributed by atoms with E-state index in [0.717, 1.165) is 13.1 Å². The summed E-state index contributed by atoms with van der Waals surface area (Å²) in [7, 11) is 0. The molecular weight excluding hydrogens is 487 g/mol. The number of ether oxygens (including phenoxy) is 1. The number of para-hydroxylation sites is 1. The summed E-state index contributed by atoms with van der Waals surface area (Å²) >= 11 is 12.1. The van der Waals surface area contributed by atoms with E-state index in [0.29, 0.717) is 59.0 Å². The Labute approximate surface area is 214 Å². The van der Waals surface area contributed by atoms with Gasteiger partial charge in [0.25, 0.3) is 5.91 Å². The number of urea groups is 1. The normalized spacial score (nSPS) is 13.8. The molecular formula is C26H26Cl2N4O3. The fraction of sp³-hybridized carbons (Fsp3) is 0.231. The zero-order valence-corrected chi connectivity index (χ0v) is 20.6. The number of anilines is 3. The van der Waals surface area contributed by atoms with Gasteiger partial charge in [-0.1, -0.05) is 35.3 Å². The molecule has 1 saturated heterocycles. The lowest BCUT2D eigenvalue weighted by molar-refractivity contribution is 0.0393. The zero-order valence-electron chi connectivity index (χ0n) is 19.0. The Morgan fingerprint density at radius 2 is 1.57 bits per heavy atom. The number of rotatable bonds is 7. The van der Waals surface area contributed by atoms with Crippen LogP contribution in [0.3, 0.4) is 0 Å². The second-order valence-electron chi connectivity index (χ2n) is 8.02. The van der Waals surface area contributed by atoms with E-state index < -0.39 is 0 Å². The quantitative estimate of drug-likeness (QED) is 0.431. The molecule has 0 spiro atoms. The van der Waals surface area contributed by atoms with Crippen molar-refractivity contribution in [2.24, 2.45) is 0 Å². The molecule has 4 rings (SSSR count). The van der Waals surface area contributed by atoms with E-state index >= 15 is 0 Å². The maximum atomic E-state index is 13.2. The Bertz CT molecular complexity index is 1150. The summed E-state index contributed by atoms with van der Waals surface area (Å²) in [6.45, 7) is 4.21. The van der Waals surface area contributed by atoms with Crippen molar-refractivity contribution < 1.29 is 14.3 Å². The summed E-state index contributed by atoms with van der Waals surface area (Å²) in [5, 5.41) is 6.79. The van der Waals surface area contributed by atoms with Gasteiger partial charge in [-0.05, 0) is 60.7 Å². The summed E-state index contributed by atoms with van der Waals surface area (Å²) in [6.07, 6.45) is 0. The minimum Gasteiger partial charge on any atom is -0.379 e. The predicted molar refractivity (Wildman–Crippen MR) is 141 cm³/mol. The molecule has 3 aromatic carbocycles. The molecule has 1 heterocycles. The molecule has 1 fully saturated rings. The average molecular weight is 513 g/mol. The number of benzene rings is 3. The monoisotopic (exact) mass is 512 g/mol. The lowest BCUT2D eigenvalue weighted by Gasteiger charge is -2.30. The molecule has 7 nitrogen and oxygen atoms in total. The first-order valence-corrected chi connectivity index (χ1v) is 12.1. The molecule has 1 aliphatic heterocycles. The van der Waals surface area contributed by atoms with Crippen LogP contribution < -0.4 is 15.5 Å². The molecule has 2 N–H and O–H groups in total. The number of halogens is 2. The van der Waals surface area contributed by atoms with Gasteiger partial charge in [-0.25, -0.2) is 4.79 Å². The average Bonchev–Trinajstić information content (AvgIpc) is 2.88. The Morgan fingerprint density at radius 3 is 2.26 bits per heavy atom. The van der Waals surface area contributed by atoms with E-state index in [1.54, 1.807) is 77.7 Å². The van der Waals surface area contributed by atoms with Gasteiger partial charge in [0.2, 0.25) is 0 Å². The first kappa shape index (κ1) is 25.0. The Hall–Kier alpha value is -3.10. The SMILES string of the molecule is O=C(Nc1ccccc1Cl)c1ccc(N(CCN2CCOCC2)C(=O)Nc2ccc(Cl)cc2)cc1. The molecule has 35 heavy (non-hydrogen) atoms. The zero-order chi connectivity index (χ0) is 24.6. The van der Waals surface area contributed by atoms with Crippen LogP contribution in [-0.2, 0) is 4.74 Å². The number of nitrogens with one attached hydrogen (secondary N) is 2. The summed E-state index contributed by atoms with van der Waals surface area (Å²) in [5.74, 6) is -0.282. The maximum absolute atomic E-state index is 13.2. The highest BCUT2D eigenvalue weighted by Crippen LogP contribution is 2.23. The van der Waals surface area contributed by atoms with Gasteiger partial charge in [-0.2, -0.15) is 0 Å². The molecule has 0 aromatic heterocycles. The molecule has 0 atom stereocenters. The van der Waals surface area contributed by atoms with Crippen molar-refractivity contribution in [2.75, 3.05) is 54.9 Å². The third-order valence-electron chi connectivity index (χ3n) is 5.65. The second-order valence-corrected chi connectivity index (χ2v) is 8.87. The number of hydrogen-bond acceptors (Lipinski definition) is 4. The first-order chi connectivity index (χ1) is 17.0. The van der Waals surface area contributed by atoms with Gasteiger partial charge < -0.3 is 15.4 Å². The molecule has 0 aliphatic carbocycles. The van der Waals surface area contributed by atoms with Crippen molar-refractivity contribution in [2.45, 2.75) is 0 Å². The third kappa shape index (κ3) is 6.96. The molecule has 3 amide bonds. The fourth-order valence-corrected chi connectivity index (χ4v) is 4.00. The predicted octanol–water partition coefficient (Wildman–Crippen LogP) is 5.62. The standard InChI is InChI=1S/C26H26Cl2N4O3/c27-20-7-9-21(10-8-20)29-26(34)32(14-13-31-15-17-35-18-16-31)22-11-5-19(6-12-22)25(33)30-24-4-2-1-3-23(24)28/h1-12H,13-18H2,(H,29,34)(H,30,33). The van der Waals surface area contributed by atoms with Gasteiger partial charge >= 0.3 is 6.03 Å². The van der Waals surface area contributed by atoms with Crippen molar-refractivity contribution in [3.63, 3.8) is 0 Å². The van der Waals surface area contributed by atoms with Crippen LogP contribution in [0.15, 0.2) is 72.8 Å². The lowest BCUT2D eigenvalue weighted by Crippen LogP contribution is -2.44. The highest BCUT2D eigenvalue weighted by molar-refractivity contribution is 6.34. The van der Waals surface area contributed by atoms with E-state index in [9.17, 15) is 9.59 Å². The summed E-state index contributed by atoms with van der Waals surface area (Å²) in [4.78, 5) is 29.8. The van der Waals surface area contributed by atoms with Crippen molar-refractivity contribution in [3.8, 4) is 0 Å². The second kappa shape index (κ2) is 12.0. The number of carbonyl (C=O) groups is 2. The van der Waals surface area contributed by atoms with Gasteiger partial charge in [0.1, 0.15) is 0 Å². The van der Waals surface area contributed by atoms with Crippen LogP contribution in [-0.4, -0.2) is 56.2 Å². The van der Waals surface area contributed by atoms with E-state index in [-0.39, 0.29) is 11.9 Å². The van der Waals surface area contributed by atoms with Crippen molar-refractivity contribution >= 4 is 52.2 Å². The van der Waals surface area contributed by atoms with Gasteiger partial charge in [-0.15, -0.1) is 0 Å². The van der Waals surface area contributed by atoms with Gasteiger partial charge in [-0.3, -0.25) is 14.6 Å². The molecule has 182 valence electrons. The van der Waals surface area contributed by atoms with Gasteiger partial charge in [0, 0.05) is 48.1 Å². The fourth-order valence-electron chi connectivity index (χ4n) is 3.69. The third-order valence-corrected chi connectivity index (χ3v) is 6.23. The topological polar surface area (TPSA) is 73.9 Å². The first-order valence-electron chi connectivity index (χ1n) is 11.3. The summed E-state index contributed by atoms with van der Waals surface area (Å²) < 4.78 is 5.42. The Morgan fingerprint density at radius 1 is 0.886 bits per heavy atom. The molecule has 9 heteroatoms. The van der Waals surface area contributed by atoms with Crippen LogP contribution >= 0.6 is 23.2 Å². The summed E-state index contributed by atoms with van der Waals surface area (Å²) in [6, 6.07) is 20.7. The lowest BCUT2D eigenvalue weighted by atomic mass is 10.1. The Balaban J connectivity index is 1.48. The highest BCUT2D eigenvalue weighted by atomic mass is 35.5. The number of carbonyl (C=O) groups excluding carboxylic acids is 2. The van der Waals surface area contributed by atoms with Crippen LogP contribution in [0.1, 0.15) is 10.4 Å². The van der Waals surface area contributed by atoms with Gasteiger partial charge in [0.05, 0.1) is 23.9 Å². The number of hydrogen-bond donors (Lipinski definition) is 2. The molecule has 3 aromatic rings. The van der Waals surface area contributed by atoms with Crippen LogP contribution in [0.2, 0.25) is 10.0 Å². The number of morpholine rings is 1. The molecule has 1 aliphatic rings. The van der Waals surface area contributed by atoms with Crippen LogP contribution in [0.5, 0.6) is 0 Å². The molecule has 0 bridgehead atoms. The largest absolute Gasteiger partial charge is 0.379 e. The van der Waals surface area contributed by atoms with E-state index in [2.05, 4.69) is 15.5 Å². The van der Waals surface area contributed by atoms with E-state index in [1.807, 2.05) is 0 Å². The van der Waals surface area contributed by atoms with Crippen LogP contribution in [0.25, 0.3) is 0 Å². The van der Waals surface area contributed by atoms with Crippen LogP contribution in [0.4, 0.5) is 21.9 Å². The Kier molecular flexibility index (Phi) is 8.60. The van der Waals surface area contributed by atoms with E-state index in [1.165, 1.54) is 0 Å². The molecule has 0 saturated carbocycles. The summed E-state index contributed by atoms with van der Waals surface area (Å²) in [5.41, 5.74) is 2.32. The highest BCUT2D eigenvalue weighted by Gasteiger charge is 2.19. The smallest absolute Gasteiger partial charge is 0.326 e.